The van der Waals surface area contributed by atoms with Crippen LogP contribution < -0.4 is 0 Å². The van der Waals surface area contributed by atoms with Crippen LogP contribution in [0, 0.1) is 23.7 Å². The minimum atomic E-state index is -1.15. The molecule has 3 aliphatic heterocycles. The van der Waals surface area contributed by atoms with E-state index in [0.717, 1.165) is 32.1 Å². The van der Waals surface area contributed by atoms with Crippen LogP contribution in [0.3, 0.4) is 0 Å². The van der Waals surface area contributed by atoms with Gasteiger partial charge in [0.2, 0.25) is 11.8 Å². The van der Waals surface area contributed by atoms with E-state index >= 15 is 0 Å². The highest BCUT2D eigenvalue weighted by Gasteiger charge is 2.80. The fourth-order valence-corrected chi connectivity index (χ4v) is 7.87. The van der Waals surface area contributed by atoms with E-state index in [-0.39, 0.29) is 42.9 Å². The Morgan fingerprint density at radius 3 is 2.50 bits per heavy atom. The van der Waals surface area contributed by atoms with Crippen LogP contribution in [0.4, 0.5) is 0 Å². The molecule has 4 fully saturated rings. The number of likely N-dealkylation sites (tertiary alicyclic amines) is 1. The summed E-state index contributed by atoms with van der Waals surface area (Å²) in [5.41, 5.74) is -2.08. The molecule has 1 spiro atoms. The lowest BCUT2D eigenvalue weighted by Gasteiger charge is -2.42. The Morgan fingerprint density at radius 1 is 1.24 bits per heavy atom. The molecule has 0 aromatic carbocycles. The number of aliphatic hydroxyl groups is 1. The highest BCUT2D eigenvalue weighted by molar-refractivity contribution is 5.99. The maximum Gasteiger partial charge on any atom is 0.313 e. The number of aliphatic hydroxyl groups excluding tert-OH is 1. The van der Waals surface area contributed by atoms with Crippen LogP contribution in [0.15, 0.2) is 25.3 Å². The summed E-state index contributed by atoms with van der Waals surface area (Å²) in [7, 11) is 0. The standard InChI is InChI=1S/C30H46N2O6/c1-7-14-31(21-12-10-9-11-13-21)27(35)25-30-17-20(5)29(6,38-30)24(28(36)37-15-8-2)23(30)26(34)32(25)22(18-33)16-19(3)4/h7-8,19-25,33H,1-2,9-18H2,3-6H3/t20?,22-,23+,24+,25?,29-,30?/m1/s1. The van der Waals surface area contributed by atoms with E-state index in [4.69, 9.17) is 9.47 Å². The van der Waals surface area contributed by atoms with E-state index < -0.39 is 41.1 Å². The van der Waals surface area contributed by atoms with Crippen LogP contribution in [0.25, 0.3) is 0 Å². The molecule has 3 saturated heterocycles. The molecule has 8 heteroatoms. The number of rotatable bonds is 11. The van der Waals surface area contributed by atoms with Crippen LogP contribution in [-0.2, 0) is 23.9 Å². The summed E-state index contributed by atoms with van der Waals surface area (Å²) in [4.78, 5) is 46.0. The second kappa shape index (κ2) is 11.1. The normalized spacial score (nSPS) is 35.3. The topological polar surface area (TPSA) is 96.4 Å². The number of ether oxygens (including phenoxy) is 2. The van der Waals surface area contributed by atoms with Gasteiger partial charge < -0.3 is 24.4 Å². The summed E-state index contributed by atoms with van der Waals surface area (Å²) in [5, 5.41) is 10.5. The van der Waals surface area contributed by atoms with Crippen molar-refractivity contribution in [2.45, 2.75) is 102 Å². The zero-order chi connectivity index (χ0) is 27.8. The van der Waals surface area contributed by atoms with Crippen LogP contribution in [0.5, 0.6) is 0 Å². The molecule has 1 saturated carbocycles. The summed E-state index contributed by atoms with van der Waals surface area (Å²) < 4.78 is 12.3. The summed E-state index contributed by atoms with van der Waals surface area (Å²) in [6.07, 6.45) is 9.38. The Bertz CT molecular complexity index is 945. The summed E-state index contributed by atoms with van der Waals surface area (Å²) >= 11 is 0. The molecule has 1 N–H and O–H groups in total. The van der Waals surface area contributed by atoms with Crippen LogP contribution in [-0.4, -0.2) is 81.8 Å². The van der Waals surface area contributed by atoms with Gasteiger partial charge in [-0.3, -0.25) is 14.4 Å². The van der Waals surface area contributed by atoms with Crippen LogP contribution in [0.2, 0.25) is 0 Å². The van der Waals surface area contributed by atoms with Crippen molar-refractivity contribution >= 4 is 17.8 Å². The van der Waals surface area contributed by atoms with Gasteiger partial charge in [-0.1, -0.05) is 58.8 Å². The van der Waals surface area contributed by atoms with Crippen molar-refractivity contribution < 1.29 is 29.0 Å². The summed E-state index contributed by atoms with van der Waals surface area (Å²) in [5.74, 6) is -2.49. The van der Waals surface area contributed by atoms with Gasteiger partial charge in [-0.05, 0) is 44.4 Å². The fraction of sp³-hybridized carbons (Fsp3) is 0.767. The molecule has 3 heterocycles. The van der Waals surface area contributed by atoms with E-state index in [1.807, 2.05) is 32.6 Å². The van der Waals surface area contributed by atoms with E-state index in [1.54, 1.807) is 11.0 Å². The quantitative estimate of drug-likeness (QED) is 0.325. The zero-order valence-electron chi connectivity index (χ0n) is 23.6. The number of fused-ring (bicyclic) bond motifs is 1. The molecule has 2 bridgehead atoms. The second-order valence-corrected chi connectivity index (χ2v) is 12.4. The number of amides is 2. The van der Waals surface area contributed by atoms with Crippen molar-refractivity contribution in [1.29, 1.82) is 0 Å². The third-order valence-corrected chi connectivity index (χ3v) is 9.56. The molecule has 0 radical (unpaired) electrons. The maximum absolute atomic E-state index is 14.7. The molecule has 1 aliphatic carbocycles. The molecular formula is C30H46N2O6. The van der Waals surface area contributed by atoms with Gasteiger partial charge in [0.1, 0.15) is 24.2 Å². The van der Waals surface area contributed by atoms with Gasteiger partial charge in [0, 0.05) is 12.6 Å². The predicted octanol–water partition coefficient (Wildman–Crippen LogP) is 3.48. The minimum Gasteiger partial charge on any atom is -0.461 e. The number of carbonyl (C=O) groups is 3. The average Bonchev–Trinajstić information content (AvgIpc) is 3.41. The van der Waals surface area contributed by atoms with Crippen molar-refractivity contribution in [3.8, 4) is 0 Å². The molecule has 38 heavy (non-hydrogen) atoms. The Balaban J connectivity index is 1.82. The molecule has 212 valence electrons. The number of nitrogens with zero attached hydrogens (tertiary/aromatic N) is 2. The van der Waals surface area contributed by atoms with Crippen molar-refractivity contribution in [3.63, 3.8) is 0 Å². The maximum atomic E-state index is 14.7. The van der Waals surface area contributed by atoms with Gasteiger partial charge in [-0.15, -0.1) is 6.58 Å². The molecule has 8 nitrogen and oxygen atoms in total. The van der Waals surface area contributed by atoms with Gasteiger partial charge >= 0.3 is 5.97 Å². The van der Waals surface area contributed by atoms with Gasteiger partial charge in [-0.2, -0.15) is 0 Å². The van der Waals surface area contributed by atoms with Gasteiger partial charge in [0.15, 0.2) is 0 Å². The molecule has 4 aliphatic rings. The first-order valence-electron chi connectivity index (χ1n) is 14.4. The first kappa shape index (κ1) is 28.8. The predicted molar refractivity (Wildman–Crippen MR) is 144 cm³/mol. The fourth-order valence-electron chi connectivity index (χ4n) is 7.87. The Morgan fingerprint density at radius 2 is 1.92 bits per heavy atom. The lowest BCUT2D eigenvalue weighted by molar-refractivity contribution is -0.163. The first-order chi connectivity index (χ1) is 18.1. The molecule has 4 rings (SSSR count). The van der Waals surface area contributed by atoms with Gasteiger partial charge in [-0.25, -0.2) is 0 Å². The lowest BCUT2D eigenvalue weighted by Crippen LogP contribution is -2.60. The zero-order valence-corrected chi connectivity index (χ0v) is 23.6. The molecule has 7 atom stereocenters. The lowest BCUT2D eigenvalue weighted by atomic mass is 9.62. The minimum absolute atomic E-state index is 0.0428. The van der Waals surface area contributed by atoms with Crippen molar-refractivity contribution in [3.05, 3.63) is 25.3 Å². The Labute approximate surface area is 227 Å². The Hall–Kier alpha value is -2.19. The smallest absolute Gasteiger partial charge is 0.313 e. The van der Waals surface area contributed by atoms with Crippen LogP contribution >= 0.6 is 0 Å². The highest BCUT2D eigenvalue weighted by Crippen LogP contribution is 2.65. The van der Waals surface area contributed by atoms with Crippen LogP contribution in [0.1, 0.15) is 72.6 Å². The SMILES string of the molecule is C=CCOC(=O)[C@@H]1[C@H]2C(=O)N([C@@H](CO)CC(C)C)C(C(=O)N(CC=C)C3CCCCC3)C23CC(C)[C@@]1(C)O3. The van der Waals surface area contributed by atoms with E-state index in [0.29, 0.717) is 19.4 Å². The number of hydrogen-bond donors (Lipinski definition) is 1. The molecule has 0 aromatic heterocycles. The van der Waals surface area contributed by atoms with Gasteiger partial charge in [0.05, 0.1) is 24.2 Å². The number of esters is 1. The summed E-state index contributed by atoms with van der Waals surface area (Å²) in [6.45, 7) is 15.7. The molecule has 2 amide bonds. The van der Waals surface area contributed by atoms with Crippen molar-refractivity contribution in [2.24, 2.45) is 23.7 Å². The number of carbonyl (C=O) groups excluding carboxylic acids is 3. The highest BCUT2D eigenvalue weighted by atomic mass is 16.6. The molecular weight excluding hydrogens is 484 g/mol. The third kappa shape index (κ3) is 4.51. The van der Waals surface area contributed by atoms with Crippen molar-refractivity contribution in [1.82, 2.24) is 9.80 Å². The first-order valence-corrected chi connectivity index (χ1v) is 14.4. The molecule has 3 unspecified atom stereocenters. The van der Waals surface area contributed by atoms with E-state index in [9.17, 15) is 19.5 Å². The molecule has 0 aromatic rings. The van der Waals surface area contributed by atoms with Gasteiger partial charge in [0.25, 0.3) is 0 Å². The average molecular weight is 531 g/mol. The van der Waals surface area contributed by atoms with E-state index in [2.05, 4.69) is 13.2 Å². The summed E-state index contributed by atoms with van der Waals surface area (Å²) in [6, 6.07) is -1.40. The van der Waals surface area contributed by atoms with Crippen molar-refractivity contribution in [2.75, 3.05) is 19.8 Å². The monoisotopic (exact) mass is 530 g/mol. The third-order valence-electron chi connectivity index (χ3n) is 9.56. The number of hydrogen-bond acceptors (Lipinski definition) is 6. The largest absolute Gasteiger partial charge is 0.461 e. The Kier molecular flexibility index (Phi) is 8.43. The van der Waals surface area contributed by atoms with E-state index in [1.165, 1.54) is 6.08 Å². The second-order valence-electron chi connectivity index (χ2n) is 12.4.